The molecule has 1 aliphatic rings. The Balaban J connectivity index is 1.99. The minimum Gasteiger partial charge on any atom is -0.386 e. The van der Waals surface area contributed by atoms with Crippen LogP contribution in [0, 0.1) is 5.82 Å². The maximum Gasteiger partial charge on any atom is 0.129 e. The number of hydrogen-bond acceptors (Lipinski definition) is 2. The van der Waals surface area contributed by atoms with Crippen molar-refractivity contribution in [1.29, 1.82) is 0 Å². The molecule has 2 aromatic carbocycles. The number of benzene rings is 2. The van der Waals surface area contributed by atoms with Gasteiger partial charge < -0.3 is 10.4 Å². The highest BCUT2D eigenvalue weighted by molar-refractivity contribution is 6.30. The molecule has 0 aliphatic carbocycles. The van der Waals surface area contributed by atoms with E-state index in [0.717, 1.165) is 18.5 Å². The molecule has 1 heterocycles. The zero-order valence-electron chi connectivity index (χ0n) is 10.8. The second kappa shape index (κ2) is 5.52. The van der Waals surface area contributed by atoms with Gasteiger partial charge >= 0.3 is 0 Å². The van der Waals surface area contributed by atoms with Crippen LogP contribution in [0.25, 0.3) is 0 Å². The van der Waals surface area contributed by atoms with Crippen molar-refractivity contribution < 1.29 is 9.50 Å². The molecule has 2 N–H and O–H groups in total. The van der Waals surface area contributed by atoms with Gasteiger partial charge in [-0.25, -0.2) is 4.39 Å². The van der Waals surface area contributed by atoms with Crippen molar-refractivity contribution in [3.05, 3.63) is 70.0 Å². The summed E-state index contributed by atoms with van der Waals surface area (Å²) in [4.78, 5) is 0. The number of aliphatic hydroxyl groups is 1. The van der Waals surface area contributed by atoms with Crippen molar-refractivity contribution >= 4 is 11.6 Å². The van der Waals surface area contributed by atoms with Gasteiger partial charge in [0.1, 0.15) is 11.9 Å². The minimum absolute atomic E-state index is 0.228. The molecular formula is C16H15ClFNO. The summed E-state index contributed by atoms with van der Waals surface area (Å²) in [5, 5.41) is 14.2. The fraction of sp³-hybridized carbons (Fsp3) is 0.250. The molecule has 0 amide bonds. The molecule has 20 heavy (non-hydrogen) atoms. The average molecular weight is 292 g/mol. The standard InChI is InChI=1S/C16H15ClFNO/c17-11-5-6-14(18)13(9-11)16(20)15-12-4-2-1-3-10(12)7-8-19-15/h1-6,9,15-16,19-20H,7-8H2. The molecule has 2 aromatic rings. The first-order chi connectivity index (χ1) is 9.66. The van der Waals surface area contributed by atoms with Crippen LogP contribution in [-0.2, 0) is 6.42 Å². The Hall–Kier alpha value is -1.42. The summed E-state index contributed by atoms with van der Waals surface area (Å²) < 4.78 is 13.9. The second-order valence-electron chi connectivity index (χ2n) is 4.99. The molecule has 2 unspecified atom stereocenters. The monoisotopic (exact) mass is 291 g/mol. The Labute approximate surface area is 122 Å². The number of rotatable bonds is 2. The first-order valence-corrected chi connectivity index (χ1v) is 6.99. The molecule has 4 heteroatoms. The highest BCUT2D eigenvalue weighted by Gasteiger charge is 2.28. The summed E-state index contributed by atoms with van der Waals surface area (Å²) >= 11 is 5.90. The lowest BCUT2D eigenvalue weighted by molar-refractivity contribution is 0.121. The van der Waals surface area contributed by atoms with E-state index in [2.05, 4.69) is 5.32 Å². The molecule has 2 atom stereocenters. The largest absolute Gasteiger partial charge is 0.386 e. The third-order valence-electron chi connectivity index (χ3n) is 3.74. The molecule has 0 fully saturated rings. The van der Waals surface area contributed by atoms with Crippen LogP contribution in [0.1, 0.15) is 28.8 Å². The minimum atomic E-state index is -0.963. The molecule has 0 saturated heterocycles. The van der Waals surface area contributed by atoms with Crippen molar-refractivity contribution in [3.63, 3.8) is 0 Å². The quantitative estimate of drug-likeness (QED) is 0.889. The Morgan fingerprint density at radius 3 is 2.90 bits per heavy atom. The number of nitrogens with one attached hydrogen (secondary N) is 1. The Morgan fingerprint density at radius 2 is 2.05 bits per heavy atom. The highest BCUT2D eigenvalue weighted by atomic mass is 35.5. The molecular weight excluding hydrogens is 277 g/mol. The molecule has 0 spiro atoms. The predicted molar refractivity (Wildman–Crippen MR) is 77.3 cm³/mol. The highest BCUT2D eigenvalue weighted by Crippen LogP contribution is 2.35. The topological polar surface area (TPSA) is 32.3 Å². The SMILES string of the molecule is OC(c1cc(Cl)ccc1F)C1NCCc2ccccc21. The fourth-order valence-electron chi connectivity index (χ4n) is 2.74. The molecule has 0 bridgehead atoms. The van der Waals surface area contributed by atoms with Crippen LogP contribution in [0.3, 0.4) is 0 Å². The molecule has 0 radical (unpaired) electrons. The van der Waals surface area contributed by atoms with Crippen molar-refractivity contribution in [3.8, 4) is 0 Å². The molecule has 1 aliphatic heterocycles. The summed E-state index contributed by atoms with van der Waals surface area (Å²) in [5.74, 6) is -0.438. The summed E-state index contributed by atoms with van der Waals surface area (Å²) in [6, 6.07) is 11.9. The Bertz CT molecular complexity index is 632. The van der Waals surface area contributed by atoms with E-state index in [1.54, 1.807) is 0 Å². The molecule has 2 nitrogen and oxygen atoms in total. The molecule has 0 saturated carbocycles. The first-order valence-electron chi connectivity index (χ1n) is 6.61. The van der Waals surface area contributed by atoms with E-state index < -0.39 is 11.9 Å². The fourth-order valence-corrected chi connectivity index (χ4v) is 2.92. The smallest absolute Gasteiger partial charge is 0.129 e. The maximum absolute atomic E-state index is 13.9. The number of aliphatic hydroxyl groups excluding tert-OH is 1. The summed E-state index contributed by atoms with van der Waals surface area (Å²) in [7, 11) is 0. The van der Waals surface area contributed by atoms with Gasteiger partial charge in [-0.05, 0) is 42.3 Å². The zero-order valence-corrected chi connectivity index (χ0v) is 11.6. The summed E-state index contributed by atoms with van der Waals surface area (Å²) in [6.45, 7) is 0.765. The second-order valence-corrected chi connectivity index (χ2v) is 5.43. The van der Waals surface area contributed by atoms with Gasteiger partial charge in [-0.3, -0.25) is 0 Å². The first kappa shape index (κ1) is 13.6. The van der Waals surface area contributed by atoms with Gasteiger partial charge in [0.25, 0.3) is 0 Å². The van der Waals surface area contributed by atoms with E-state index in [1.807, 2.05) is 24.3 Å². The van der Waals surface area contributed by atoms with Gasteiger partial charge in [0.2, 0.25) is 0 Å². The lowest BCUT2D eigenvalue weighted by atomic mass is 9.88. The average Bonchev–Trinajstić information content (AvgIpc) is 2.48. The van der Waals surface area contributed by atoms with Crippen LogP contribution in [-0.4, -0.2) is 11.7 Å². The Kier molecular flexibility index (Phi) is 3.74. The van der Waals surface area contributed by atoms with E-state index in [4.69, 9.17) is 11.6 Å². The Morgan fingerprint density at radius 1 is 1.25 bits per heavy atom. The van der Waals surface area contributed by atoms with Gasteiger partial charge in [-0.1, -0.05) is 35.9 Å². The lowest BCUT2D eigenvalue weighted by Crippen LogP contribution is -2.34. The number of halogens is 2. The molecule has 104 valence electrons. The van der Waals surface area contributed by atoms with E-state index >= 15 is 0 Å². The van der Waals surface area contributed by atoms with E-state index in [-0.39, 0.29) is 11.6 Å². The van der Waals surface area contributed by atoms with Crippen LogP contribution in [0.2, 0.25) is 5.02 Å². The summed E-state index contributed by atoms with van der Waals surface area (Å²) in [5.41, 5.74) is 2.44. The third-order valence-corrected chi connectivity index (χ3v) is 3.98. The van der Waals surface area contributed by atoms with Crippen LogP contribution in [0.4, 0.5) is 4.39 Å². The molecule has 0 aromatic heterocycles. The van der Waals surface area contributed by atoms with Crippen molar-refractivity contribution in [1.82, 2.24) is 5.32 Å². The van der Waals surface area contributed by atoms with E-state index in [9.17, 15) is 9.50 Å². The van der Waals surface area contributed by atoms with Gasteiger partial charge in [-0.2, -0.15) is 0 Å². The van der Waals surface area contributed by atoms with Gasteiger partial charge in [0.05, 0.1) is 6.04 Å². The van der Waals surface area contributed by atoms with E-state index in [0.29, 0.717) is 5.02 Å². The number of fused-ring (bicyclic) bond motifs is 1. The van der Waals surface area contributed by atoms with E-state index in [1.165, 1.54) is 23.8 Å². The van der Waals surface area contributed by atoms with Crippen molar-refractivity contribution in [2.75, 3.05) is 6.54 Å². The van der Waals surface area contributed by atoms with Gasteiger partial charge in [0.15, 0.2) is 0 Å². The maximum atomic E-state index is 13.9. The summed E-state index contributed by atoms with van der Waals surface area (Å²) in [6.07, 6.45) is -0.0487. The van der Waals surface area contributed by atoms with Crippen molar-refractivity contribution in [2.24, 2.45) is 0 Å². The lowest BCUT2D eigenvalue weighted by Gasteiger charge is -2.31. The normalized spacial score (nSPS) is 19.4. The third kappa shape index (κ3) is 2.44. The van der Waals surface area contributed by atoms with Crippen LogP contribution >= 0.6 is 11.6 Å². The molecule has 3 rings (SSSR count). The van der Waals surface area contributed by atoms with Gasteiger partial charge in [-0.15, -0.1) is 0 Å². The number of hydrogen-bond donors (Lipinski definition) is 2. The zero-order chi connectivity index (χ0) is 14.1. The van der Waals surface area contributed by atoms with Crippen LogP contribution < -0.4 is 5.32 Å². The van der Waals surface area contributed by atoms with Crippen LogP contribution in [0.15, 0.2) is 42.5 Å². The van der Waals surface area contributed by atoms with Crippen molar-refractivity contribution in [2.45, 2.75) is 18.6 Å². The van der Waals surface area contributed by atoms with Gasteiger partial charge in [0, 0.05) is 10.6 Å². The predicted octanol–water partition coefficient (Wildman–Crippen LogP) is 3.40. The van der Waals surface area contributed by atoms with Crippen LogP contribution in [0.5, 0.6) is 0 Å².